The number of aromatic nitrogens is 2. The molecule has 1 saturated heterocycles. The average molecular weight is 424 g/mol. The minimum atomic E-state index is 0.134. The number of benzene rings is 3. The van der Waals surface area contributed by atoms with E-state index in [1.807, 2.05) is 27.8 Å². The van der Waals surface area contributed by atoms with Crippen molar-refractivity contribution in [2.24, 2.45) is 0 Å². The number of rotatable bonds is 6. The minimum absolute atomic E-state index is 0.134. The molecule has 0 unspecified atom stereocenters. The van der Waals surface area contributed by atoms with Crippen LogP contribution in [0.15, 0.2) is 85.1 Å². The van der Waals surface area contributed by atoms with Gasteiger partial charge in [0.25, 0.3) is 5.91 Å². The van der Waals surface area contributed by atoms with Gasteiger partial charge in [-0.15, -0.1) is 0 Å². The van der Waals surface area contributed by atoms with Crippen molar-refractivity contribution in [2.45, 2.75) is 38.1 Å². The second-order valence-corrected chi connectivity index (χ2v) is 8.68. The molecule has 1 fully saturated rings. The van der Waals surface area contributed by atoms with E-state index in [1.165, 1.54) is 17.5 Å². The van der Waals surface area contributed by atoms with E-state index in [9.17, 15) is 4.79 Å². The Kier molecular flexibility index (Phi) is 6.02. The van der Waals surface area contributed by atoms with Crippen LogP contribution in [0.4, 0.5) is 0 Å². The quantitative estimate of drug-likeness (QED) is 0.388. The molecule has 1 aliphatic rings. The normalized spacial score (nSPS) is 14.2. The lowest BCUT2D eigenvalue weighted by Crippen LogP contribution is -2.35. The molecule has 0 bridgehead atoms. The van der Waals surface area contributed by atoms with Crippen LogP contribution in [0.3, 0.4) is 0 Å². The lowest BCUT2D eigenvalue weighted by atomic mass is 9.88. The van der Waals surface area contributed by atoms with Crippen LogP contribution < -0.4 is 0 Å². The molecule has 0 saturated carbocycles. The van der Waals surface area contributed by atoms with Gasteiger partial charge in [0.2, 0.25) is 0 Å². The molecular weight excluding hydrogens is 394 g/mol. The van der Waals surface area contributed by atoms with Crippen LogP contribution >= 0.6 is 0 Å². The van der Waals surface area contributed by atoms with Crippen molar-refractivity contribution in [2.75, 3.05) is 13.1 Å². The second kappa shape index (κ2) is 9.39. The van der Waals surface area contributed by atoms with E-state index in [2.05, 4.69) is 66.9 Å². The van der Waals surface area contributed by atoms with Crippen molar-refractivity contribution in [1.82, 2.24) is 14.7 Å². The molecule has 1 amide bonds. The monoisotopic (exact) mass is 423 g/mol. The molecule has 0 N–H and O–H groups in total. The third-order valence-electron chi connectivity index (χ3n) is 6.50. The summed E-state index contributed by atoms with van der Waals surface area (Å²) in [5.41, 5.74) is 4.29. The molecule has 4 aromatic rings. The Morgan fingerprint density at radius 2 is 1.50 bits per heavy atom. The largest absolute Gasteiger partial charge is 0.339 e. The maximum atomic E-state index is 12.9. The predicted octanol–water partition coefficient (Wildman–Crippen LogP) is 5.88. The van der Waals surface area contributed by atoms with Crippen molar-refractivity contribution < 1.29 is 4.79 Å². The van der Waals surface area contributed by atoms with Crippen LogP contribution in [0.5, 0.6) is 0 Å². The molecule has 1 aliphatic heterocycles. The highest BCUT2D eigenvalue weighted by Crippen LogP contribution is 2.28. The highest BCUT2D eigenvalue weighted by atomic mass is 16.2. The third-order valence-corrected chi connectivity index (χ3v) is 6.50. The summed E-state index contributed by atoms with van der Waals surface area (Å²) in [4.78, 5) is 14.8. The van der Waals surface area contributed by atoms with E-state index in [0.717, 1.165) is 55.4 Å². The average Bonchev–Trinajstić information content (AvgIpc) is 3.28. The summed E-state index contributed by atoms with van der Waals surface area (Å²) < 4.78 is 2.03. The van der Waals surface area contributed by atoms with Crippen LogP contribution in [0.1, 0.15) is 53.1 Å². The van der Waals surface area contributed by atoms with Crippen molar-refractivity contribution in [1.29, 1.82) is 0 Å². The minimum Gasteiger partial charge on any atom is -0.339 e. The maximum absolute atomic E-state index is 12.9. The third kappa shape index (κ3) is 4.45. The molecule has 0 atom stereocenters. The number of hydrogen-bond donors (Lipinski definition) is 0. The summed E-state index contributed by atoms with van der Waals surface area (Å²) in [6.45, 7) is 2.55. The van der Waals surface area contributed by atoms with Crippen molar-refractivity contribution in [3.63, 3.8) is 0 Å². The summed E-state index contributed by atoms with van der Waals surface area (Å²) in [6, 6.07) is 27.3. The first kappa shape index (κ1) is 20.5. The zero-order valence-electron chi connectivity index (χ0n) is 18.4. The Hall–Kier alpha value is -3.40. The topological polar surface area (TPSA) is 38.1 Å². The summed E-state index contributed by atoms with van der Waals surface area (Å²) in [6.07, 6.45) is 6.48. The number of aryl methyl sites for hydroxylation is 1. The number of piperidine rings is 1. The Morgan fingerprint density at radius 1 is 0.844 bits per heavy atom. The fourth-order valence-electron chi connectivity index (χ4n) is 4.75. The number of hydrogen-bond acceptors (Lipinski definition) is 2. The van der Waals surface area contributed by atoms with Gasteiger partial charge in [-0.1, -0.05) is 66.7 Å². The molecule has 3 aromatic carbocycles. The summed E-state index contributed by atoms with van der Waals surface area (Å²) in [7, 11) is 0. The molecule has 4 nitrogen and oxygen atoms in total. The van der Waals surface area contributed by atoms with E-state index < -0.39 is 0 Å². The van der Waals surface area contributed by atoms with E-state index in [-0.39, 0.29) is 5.91 Å². The first-order chi connectivity index (χ1) is 15.8. The molecule has 2 heterocycles. The van der Waals surface area contributed by atoms with E-state index in [0.29, 0.717) is 5.92 Å². The Bertz CT molecular complexity index is 1140. The molecule has 0 radical (unpaired) electrons. The van der Waals surface area contributed by atoms with E-state index in [1.54, 1.807) is 0 Å². The van der Waals surface area contributed by atoms with Crippen LogP contribution in [-0.2, 0) is 6.54 Å². The first-order valence-electron chi connectivity index (χ1n) is 11.6. The number of likely N-dealkylation sites (tertiary alicyclic amines) is 1. The number of carbonyl (C=O) groups excluding carboxylic acids is 1. The zero-order chi connectivity index (χ0) is 21.8. The first-order valence-corrected chi connectivity index (χ1v) is 11.6. The van der Waals surface area contributed by atoms with Gasteiger partial charge in [0, 0.05) is 42.7 Å². The van der Waals surface area contributed by atoms with Crippen molar-refractivity contribution in [3.8, 4) is 0 Å². The molecular formula is C28H29N3O. The standard InChI is InChI=1S/C28H29N3O/c32-28(30-17-8-3-9-18-30)24-14-15-25-21-31(29-27(25)20-24)19-16-26(22-10-4-1-5-11-22)23-12-6-2-7-13-23/h1-2,4-7,10-15,20-21,26H,3,8-9,16-19H2. The van der Waals surface area contributed by atoms with Crippen molar-refractivity contribution >= 4 is 16.8 Å². The fraction of sp³-hybridized carbons (Fsp3) is 0.286. The van der Waals surface area contributed by atoms with Crippen LogP contribution in [0, 0.1) is 0 Å². The molecule has 32 heavy (non-hydrogen) atoms. The number of nitrogens with zero attached hydrogens (tertiary/aromatic N) is 3. The van der Waals surface area contributed by atoms with Gasteiger partial charge in [-0.3, -0.25) is 9.48 Å². The lowest BCUT2D eigenvalue weighted by Gasteiger charge is -2.26. The molecule has 0 spiro atoms. The summed E-state index contributed by atoms with van der Waals surface area (Å²) in [5, 5.41) is 5.89. The van der Waals surface area contributed by atoms with Gasteiger partial charge in [-0.2, -0.15) is 5.10 Å². The molecule has 0 aliphatic carbocycles. The van der Waals surface area contributed by atoms with E-state index in [4.69, 9.17) is 5.10 Å². The van der Waals surface area contributed by atoms with Gasteiger partial charge in [0.15, 0.2) is 0 Å². The molecule has 4 heteroatoms. The predicted molar refractivity (Wildman–Crippen MR) is 129 cm³/mol. The number of amides is 1. The zero-order valence-corrected chi connectivity index (χ0v) is 18.4. The van der Waals surface area contributed by atoms with Crippen LogP contribution in [0.25, 0.3) is 10.9 Å². The number of fused-ring (bicyclic) bond motifs is 1. The number of carbonyl (C=O) groups is 1. The Morgan fingerprint density at radius 3 is 2.16 bits per heavy atom. The van der Waals surface area contributed by atoms with Gasteiger partial charge in [0.1, 0.15) is 0 Å². The summed E-state index contributed by atoms with van der Waals surface area (Å²) >= 11 is 0. The fourth-order valence-corrected chi connectivity index (χ4v) is 4.75. The second-order valence-electron chi connectivity index (χ2n) is 8.68. The van der Waals surface area contributed by atoms with Gasteiger partial charge in [0.05, 0.1) is 5.52 Å². The molecule has 162 valence electrons. The highest BCUT2D eigenvalue weighted by molar-refractivity contribution is 5.97. The van der Waals surface area contributed by atoms with Crippen LogP contribution in [-0.4, -0.2) is 33.7 Å². The maximum Gasteiger partial charge on any atom is 0.253 e. The van der Waals surface area contributed by atoms with Crippen molar-refractivity contribution in [3.05, 3.63) is 102 Å². The van der Waals surface area contributed by atoms with Gasteiger partial charge in [-0.05, 0) is 48.9 Å². The van der Waals surface area contributed by atoms with E-state index >= 15 is 0 Å². The molecule has 5 rings (SSSR count). The highest BCUT2D eigenvalue weighted by Gasteiger charge is 2.19. The Labute approximate surface area is 189 Å². The lowest BCUT2D eigenvalue weighted by molar-refractivity contribution is 0.0724. The Balaban J connectivity index is 1.34. The van der Waals surface area contributed by atoms with Crippen LogP contribution in [0.2, 0.25) is 0 Å². The smallest absolute Gasteiger partial charge is 0.253 e. The van der Waals surface area contributed by atoms with Gasteiger partial charge >= 0.3 is 0 Å². The SMILES string of the molecule is O=C(c1ccc2cn(CCC(c3ccccc3)c3ccccc3)nc2c1)N1CCCCC1. The van der Waals surface area contributed by atoms with Gasteiger partial charge in [-0.25, -0.2) is 0 Å². The summed E-state index contributed by atoms with van der Waals surface area (Å²) in [5.74, 6) is 0.454. The molecule has 1 aromatic heterocycles. The van der Waals surface area contributed by atoms with Gasteiger partial charge < -0.3 is 4.90 Å².